The second-order valence-electron chi connectivity index (χ2n) is 8.53. The van der Waals surface area contributed by atoms with Gasteiger partial charge < -0.3 is 24.8 Å². The van der Waals surface area contributed by atoms with Crippen molar-refractivity contribution >= 4 is 5.97 Å². The number of benzene rings is 1. The summed E-state index contributed by atoms with van der Waals surface area (Å²) in [5.74, 6) is 0.603. The van der Waals surface area contributed by atoms with Crippen LogP contribution in [0.25, 0.3) is 0 Å². The third-order valence-electron chi connectivity index (χ3n) is 5.89. The first kappa shape index (κ1) is 24.2. The molecule has 176 valence electrons. The fraction of sp³-hybridized carbons (Fsp3) is 0.583. The van der Waals surface area contributed by atoms with Crippen molar-refractivity contribution in [1.82, 2.24) is 20.0 Å². The van der Waals surface area contributed by atoms with Gasteiger partial charge >= 0.3 is 5.97 Å². The molecule has 1 aromatic carbocycles. The third kappa shape index (κ3) is 7.32. The van der Waals surface area contributed by atoms with Crippen molar-refractivity contribution in [2.75, 3.05) is 39.9 Å². The average molecular weight is 445 g/mol. The Kier molecular flexibility index (Phi) is 9.08. The molecule has 1 aromatic heterocycles. The van der Waals surface area contributed by atoms with E-state index in [2.05, 4.69) is 28.3 Å². The lowest BCUT2D eigenvalue weighted by atomic mass is 9.97. The summed E-state index contributed by atoms with van der Waals surface area (Å²) in [6, 6.07) is 10.0. The predicted molar refractivity (Wildman–Crippen MR) is 123 cm³/mol. The fourth-order valence-corrected chi connectivity index (χ4v) is 4.08. The second-order valence-corrected chi connectivity index (χ2v) is 8.53. The monoisotopic (exact) mass is 444 g/mol. The number of piperidine rings is 1. The molecule has 0 unspecified atom stereocenters. The van der Waals surface area contributed by atoms with E-state index in [1.54, 1.807) is 0 Å². The smallest absolute Gasteiger partial charge is 0.308 e. The van der Waals surface area contributed by atoms with Crippen LogP contribution in [0.4, 0.5) is 0 Å². The van der Waals surface area contributed by atoms with Gasteiger partial charge in [0, 0.05) is 25.3 Å². The summed E-state index contributed by atoms with van der Waals surface area (Å²) in [5, 5.41) is 18.2. The molecule has 1 atom stereocenters. The third-order valence-corrected chi connectivity index (χ3v) is 5.89. The van der Waals surface area contributed by atoms with Crippen LogP contribution in [-0.2, 0) is 22.6 Å². The van der Waals surface area contributed by atoms with E-state index in [0.29, 0.717) is 6.54 Å². The number of ether oxygens (including phenoxy) is 2. The summed E-state index contributed by atoms with van der Waals surface area (Å²) in [7, 11) is 1.43. The maximum Gasteiger partial charge on any atom is 0.308 e. The lowest BCUT2D eigenvalue weighted by molar-refractivity contribution is -0.147. The normalized spacial score (nSPS) is 16.1. The first-order valence-electron chi connectivity index (χ1n) is 11.4. The molecule has 1 fully saturated rings. The minimum Gasteiger partial charge on any atom is -0.491 e. The average Bonchev–Trinajstić information content (AvgIpc) is 3.12. The van der Waals surface area contributed by atoms with E-state index in [1.807, 2.05) is 35.9 Å². The van der Waals surface area contributed by atoms with E-state index < -0.39 is 6.10 Å². The molecule has 1 aliphatic rings. The Hall–Kier alpha value is -2.42. The Balaban J connectivity index is 1.31. The number of carbonyl (C=O) groups excluding carboxylic acids is 1. The molecule has 1 aliphatic heterocycles. The molecule has 2 N–H and O–H groups in total. The molecule has 1 saturated heterocycles. The molecule has 32 heavy (non-hydrogen) atoms. The zero-order valence-corrected chi connectivity index (χ0v) is 19.4. The van der Waals surface area contributed by atoms with Crippen molar-refractivity contribution in [1.29, 1.82) is 0 Å². The first-order chi connectivity index (χ1) is 15.4. The SMILES string of the molecule is COC(=O)C1CCN(C[C@@H](O)COc2ccc(CNCCn3nc(C)cc3C)cc2)CC1. The zero-order chi connectivity index (χ0) is 22.9. The number of methoxy groups -OCH3 is 1. The van der Waals surface area contributed by atoms with Crippen LogP contribution in [0.3, 0.4) is 0 Å². The van der Waals surface area contributed by atoms with E-state index in [4.69, 9.17) is 9.47 Å². The molecule has 2 aromatic rings. The molecule has 0 spiro atoms. The van der Waals surface area contributed by atoms with Crippen molar-refractivity contribution < 1.29 is 19.4 Å². The van der Waals surface area contributed by atoms with Crippen LogP contribution in [0.5, 0.6) is 5.75 Å². The number of carbonyl (C=O) groups is 1. The van der Waals surface area contributed by atoms with Crippen LogP contribution in [0.2, 0.25) is 0 Å². The second kappa shape index (κ2) is 12.0. The topological polar surface area (TPSA) is 88.9 Å². The van der Waals surface area contributed by atoms with Gasteiger partial charge in [-0.05, 0) is 63.5 Å². The number of likely N-dealkylation sites (tertiary alicyclic amines) is 1. The molecule has 2 heterocycles. The summed E-state index contributed by atoms with van der Waals surface area (Å²) in [6.45, 7) is 8.93. The highest BCUT2D eigenvalue weighted by atomic mass is 16.5. The van der Waals surface area contributed by atoms with Gasteiger partial charge in [-0.1, -0.05) is 12.1 Å². The number of β-amino-alcohol motifs (C(OH)–C–C–N with tert-alkyl or cyclic N) is 1. The Morgan fingerprint density at radius 3 is 2.59 bits per heavy atom. The highest BCUT2D eigenvalue weighted by molar-refractivity contribution is 5.72. The lowest BCUT2D eigenvalue weighted by Gasteiger charge is -2.31. The van der Waals surface area contributed by atoms with Crippen molar-refractivity contribution in [2.45, 2.75) is 45.9 Å². The number of nitrogens with one attached hydrogen (secondary N) is 1. The summed E-state index contributed by atoms with van der Waals surface area (Å²) in [5.41, 5.74) is 3.41. The van der Waals surface area contributed by atoms with Gasteiger partial charge in [0.25, 0.3) is 0 Å². The number of hydrogen-bond donors (Lipinski definition) is 2. The zero-order valence-electron chi connectivity index (χ0n) is 19.4. The van der Waals surface area contributed by atoms with Gasteiger partial charge in [0.1, 0.15) is 18.5 Å². The van der Waals surface area contributed by atoms with Crippen LogP contribution in [0.15, 0.2) is 30.3 Å². The van der Waals surface area contributed by atoms with Gasteiger partial charge in [-0.15, -0.1) is 0 Å². The number of aryl methyl sites for hydroxylation is 2. The number of aliphatic hydroxyl groups is 1. The van der Waals surface area contributed by atoms with Gasteiger partial charge in [0.05, 0.1) is 25.3 Å². The maximum atomic E-state index is 11.6. The van der Waals surface area contributed by atoms with Gasteiger partial charge in [0.2, 0.25) is 0 Å². The summed E-state index contributed by atoms with van der Waals surface area (Å²) >= 11 is 0. The van der Waals surface area contributed by atoms with E-state index in [-0.39, 0.29) is 18.5 Å². The minimum absolute atomic E-state index is 0.0171. The molecule has 8 nitrogen and oxygen atoms in total. The molecule has 0 bridgehead atoms. The maximum absolute atomic E-state index is 11.6. The molecule has 3 rings (SSSR count). The fourth-order valence-electron chi connectivity index (χ4n) is 4.08. The largest absolute Gasteiger partial charge is 0.491 e. The molecular formula is C24H36N4O4. The predicted octanol–water partition coefficient (Wildman–Crippen LogP) is 1.91. The quantitative estimate of drug-likeness (QED) is 0.404. The van der Waals surface area contributed by atoms with Crippen LogP contribution in [0, 0.1) is 19.8 Å². The number of aromatic nitrogens is 2. The van der Waals surface area contributed by atoms with E-state index >= 15 is 0 Å². The van der Waals surface area contributed by atoms with Crippen molar-refractivity contribution in [3.05, 3.63) is 47.3 Å². The van der Waals surface area contributed by atoms with Crippen molar-refractivity contribution in [3.63, 3.8) is 0 Å². The van der Waals surface area contributed by atoms with Gasteiger partial charge in [-0.3, -0.25) is 9.48 Å². The number of esters is 1. The van der Waals surface area contributed by atoms with Crippen molar-refractivity contribution in [2.24, 2.45) is 5.92 Å². The van der Waals surface area contributed by atoms with E-state index in [9.17, 15) is 9.90 Å². The Morgan fingerprint density at radius 1 is 1.25 bits per heavy atom. The number of rotatable bonds is 11. The molecular weight excluding hydrogens is 408 g/mol. The van der Waals surface area contributed by atoms with Gasteiger partial charge in [-0.25, -0.2) is 0 Å². The lowest BCUT2D eigenvalue weighted by Crippen LogP contribution is -2.42. The Labute approximate surface area is 190 Å². The van der Waals surface area contributed by atoms with Crippen molar-refractivity contribution in [3.8, 4) is 5.75 Å². The van der Waals surface area contributed by atoms with Crippen LogP contribution < -0.4 is 10.1 Å². The van der Waals surface area contributed by atoms with Crippen LogP contribution in [-0.4, -0.2) is 71.8 Å². The highest BCUT2D eigenvalue weighted by Crippen LogP contribution is 2.19. The molecule has 0 aliphatic carbocycles. The summed E-state index contributed by atoms with van der Waals surface area (Å²) < 4.78 is 12.6. The number of hydrogen-bond acceptors (Lipinski definition) is 7. The van der Waals surface area contributed by atoms with E-state index in [0.717, 1.165) is 57.0 Å². The first-order valence-corrected chi connectivity index (χ1v) is 11.4. The molecule has 0 radical (unpaired) electrons. The van der Waals surface area contributed by atoms with Crippen LogP contribution >= 0.6 is 0 Å². The minimum atomic E-state index is -0.569. The number of aliphatic hydroxyl groups excluding tert-OH is 1. The van der Waals surface area contributed by atoms with E-state index in [1.165, 1.54) is 18.4 Å². The highest BCUT2D eigenvalue weighted by Gasteiger charge is 2.26. The standard InChI is InChI=1S/C24H36N4O4/c1-18-14-19(2)28(26-18)13-10-25-15-20-4-6-23(7-5-20)32-17-22(29)16-27-11-8-21(9-12-27)24(30)31-3/h4-7,14,21-22,25,29H,8-13,15-17H2,1-3H3/t22-/m1/s1. The summed E-state index contributed by atoms with van der Waals surface area (Å²) in [4.78, 5) is 13.8. The number of nitrogens with zero attached hydrogens (tertiary/aromatic N) is 3. The summed E-state index contributed by atoms with van der Waals surface area (Å²) in [6.07, 6.45) is 0.980. The Morgan fingerprint density at radius 2 is 1.97 bits per heavy atom. The van der Waals surface area contributed by atoms with Crippen LogP contribution in [0.1, 0.15) is 29.8 Å². The van der Waals surface area contributed by atoms with Gasteiger partial charge in [0.15, 0.2) is 0 Å². The molecule has 8 heteroatoms. The molecule has 0 amide bonds. The molecule has 0 saturated carbocycles. The van der Waals surface area contributed by atoms with Gasteiger partial charge in [-0.2, -0.15) is 5.10 Å². The Bertz CT molecular complexity index is 844.